The number of carbonyl (C=O) groups excluding carboxylic acids is 1. The Hall–Kier alpha value is -1.55. The van der Waals surface area contributed by atoms with Gasteiger partial charge in [0, 0.05) is 6.61 Å². The molecule has 1 amide bonds. The van der Waals surface area contributed by atoms with E-state index in [9.17, 15) is 4.79 Å². The van der Waals surface area contributed by atoms with Crippen LogP contribution < -0.4 is 10.1 Å². The summed E-state index contributed by atoms with van der Waals surface area (Å²) >= 11 is 0. The van der Waals surface area contributed by atoms with E-state index in [0.29, 0.717) is 18.0 Å². The fourth-order valence-electron chi connectivity index (χ4n) is 2.27. The predicted molar refractivity (Wildman–Crippen MR) is 79.3 cm³/mol. The summed E-state index contributed by atoms with van der Waals surface area (Å²) in [6.45, 7) is 7.08. The van der Waals surface area contributed by atoms with Crippen molar-refractivity contribution in [2.45, 2.75) is 45.1 Å². The number of benzene rings is 1. The molecule has 1 aromatic rings. The highest BCUT2D eigenvalue weighted by atomic mass is 16.5. The highest BCUT2D eigenvalue weighted by molar-refractivity contribution is 5.95. The highest BCUT2D eigenvalue weighted by Gasteiger charge is 2.25. The third-order valence-electron chi connectivity index (χ3n) is 3.55. The van der Waals surface area contributed by atoms with Gasteiger partial charge in [0.05, 0.1) is 12.8 Å². The Bertz CT molecular complexity index is 485. The first-order valence-electron chi connectivity index (χ1n) is 7.03. The van der Waals surface area contributed by atoms with Crippen LogP contribution in [0.5, 0.6) is 5.75 Å². The van der Waals surface area contributed by atoms with Gasteiger partial charge >= 0.3 is 0 Å². The number of ether oxygens (including phenoxy) is 2. The summed E-state index contributed by atoms with van der Waals surface area (Å²) in [5, 5.41) is 2.93. The van der Waals surface area contributed by atoms with Gasteiger partial charge in [-0.25, -0.2) is 0 Å². The largest absolute Gasteiger partial charge is 0.495 e. The fraction of sp³-hybridized carbons (Fsp3) is 0.562. The molecule has 0 aromatic heterocycles. The zero-order valence-electron chi connectivity index (χ0n) is 12.7. The van der Waals surface area contributed by atoms with Crippen molar-refractivity contribution in [2.75, 3.05) is 19.0 Å². The molecule has 4 heteroatoms. The number of anilines is 1. The van der Waals surface area contributed by atoms with Crippen molar-refractivity contribution in [3.63, 3.8) is 0 Å². The second-order valence-electron chi connectivity index (χ2n) is 6.16. The van der Waals surface area contributed by atoms with Crippen LogP contribution in [0.3, 0.4) is 0 Å². The molecule has 1 saturated heterocycles. The second-order valence-corrected chi connectivity index (χ2v) is 6.16. The molecule has 1 aliphatic heterocycles. The summed E-state index contributed by atoms with van der Waals surface area (Å²) in [4.78, 5) is 12.2. The molecule has 110 valence electrons. The minimum atomic E-state index is -0.335. The van der Waals surface area contributed by atoms with Gasteiger partial charge in [-0.3, -0.25) is 4.79 Å². The van der Waals surface area contributed by atoms with Crippen molar-refractivity contribution in [1.29, 1.82) is 0 Å². The van der Waals surface area contributed by atoms with E-state index in [1.165, 1.54) is 0 Å². The predicted octanol–water partition coefficient (Wildman–Crippen LogP) is 3.11. The van der Waals surface area contributed by atoms with E-state index in [1.54, 1.807) is 7.11 Å². The lowest BCUT2D eigenvalue weighted by Gasteiger charge is -2.21. The Balaban J connectivity index is 2.22. The van der Waals surface area contributed by atoms with Crippen LogP contribution in [-0.2, 0) is 14.9 Å². The third-order valence-corrected chi connectivity index (χ3v) is 3.55. The highest BCUT2D eigenvalue weighted by Crippen LogP contribution is 2.31. The fourth-order valence-corrected chi connectivity index (χ4v) is 2.27. The molecule has 1 fully saturated rings. The van der Waals surface area contributed by atoms with Crippen LogP contribution in [-0.4, -0.2) is 25.7 Å². The van der Waals surface area contributed by atoms with Crippen LogP contribution >= 0.6 is 0 Å². The Labute approximate surface area is 120 Å². The van der Waals surface area contributed by atoms with Crippen LogP contribution in [0.1, 0.15) is 39.2 Å². The van der Waals surface area contributed by atoms with Crippen molar-refractivity contribution >= 4 is 11.6 Å². The van der Waals surface area contributed by atoms with Gasteiger partial charge in [-0.1, -0.05) is 26.8 Å². The standard InChI is InChI=1S/C16H23NO3/c1-16(2,3)11-7-8-13(19-4)12(10-11)17-15(18)14-6-5-9-20-14/h7-8,10,14H,5-6,9H2,1-4H3,(H,17,18)/t14-/m0/s1. The molecule has 20 heavy (non-hydrogen) atoms. The second kappa shape index (κ2) is 5.83. The number of nitrogens with one attached hydrogen (secondary N) is 1. The number of rotatable bonds is 3. The lowest BCUT2D eigenvalue weighted by Crippen LogP contribution is -2.27. The number of hydrogen-bond donors (Lipinski definition) is 1. The summed E-state index contributed by atoms with van der Waals surface area (Å²) < 4.78 is 10.7. The van der Waals surface area contributed by atoms with E-state index in [4.69, 9.17) is 9.47 Å². The summed E-state index contributed by atoms with van der Waals surface area (Å²) in [6.07, 6.45) is 1.39. The quantitative estimate of drug-likeness (QED) is 0.923. The molecule has 2 rings (SSSR count). The number of methoxy groups -OCH3 is 1. The van der Waals surface area contributed by atoms with Gasteiger partial charge in [-0.2, -0.15) is 0 Å². The molecule has 4 nitrogen and oxygen atoms in total. The molecule has 0 bridgehead atoms. The van der Waals surface area contributed by atoms with E-state index in [-0.39, 0.29) is 17.4 Å². The third kappa shape index (κ3) is 3.31. The van der Waals surface area contributed by atoms with Gasteiger partial charge in [0.25, 0.3) is 5.91 Å². The molecule has 1 N–H and O–H groups in total. The lowest BCUT2D eigenvalue weighted by molar-refractivity contribution is -0.124. The van der Waals surface area contributed by atoms with Gasteiger partial charge in [0.1, 0.15) is 11.9 Å². The molecule has 0 spiro atoms. The Morgan fingerprint density at radius 3 is 2.70 bits per heavy atom. The van der Waals surface area contributed by atoms with Crippen LogP contribution in [0.4, 0.5) is 5.69 Å². The molecule has 0 saturated carbocycles. The summed E-state index contributed by atoms with van der Waals surface area (Å²) in [7, 11) is 1.60. The van der Waals surface area contributed by atoms with Crippen molar-refractivity contribution in [2.24, 2.45) is 0 Å². The van der Waals surface area contributed by atoms with Gasteiger partial charge in [-0.05, 0) is 36.0 Å². The van der Waals surface area contributed by atoms with Crippen LogP contribution in [0.15, 0.2) is 18.2 Å². The maximum Gasteiger partial charge on any atom is 0.253 e. The van der Waals surface area contributed by atoms with Crippen molar-refractivity contribution in [3.05, 3.63) is 23.8 Å². The van der Waals surface area contributed by atoms with Gasteiger partial charge in [0.15, 0.2) is 0 Å². The molecular weight excluding hydrogens is 254 g/mol. The molecular formula is C16H23NO3. The average Bonchev–Trinajstić information content (AvgIpc) is 2.91. The summed E-state index contributed by atoms with van der Waals surface area (Å²) in [6, 6.07) is 5.90. The Morgan fingerprint density at radius 2 is 2.15 bits per heavy atom. The Kier molecular flexibility index (Phi) is 4.33. The van der Waals surface area contributed by atoms with E-state index in [2.05, 4.69) is 26.1 Å². The zero-order valence-corrected chi connectivity index (χ0v) is 12.7. The zero-order chi connectivity index (χ0) is 14.8. The van der Waals surface area contributed by atoms with Gasteiger partial charge < -0.3 is 14.8 Å². The summed E-state index contributed by atoms with van der Waals surface area (Å²) in [5.41, 5.74) is 1.89. The van der Waals surface area contributed by atoms with E-state index in [1.807, 2.05) is 18.2 Å². The van der Waals surface area contributed by atoms with Crippen LogP contribution in [0.2, 0.25) is 0 Å². The van der Waals surface area contributed by atoms with Crippen molar-refractivity contribution in [1.82, 2.24) is 0 Å². The van der Waals surface area contributed by atoms with E-state index >= 15 is 0 Å². The van der Waals surface area contributed by atoms with Crippen molar-refractivity contribution < 1.29 is 14.3 Å². The SMILES string of the molecule is COc1ccc(C(C)(C)C)cc1NC(=O)[C@@H]1CCCO1. The van der Waals surface area contributed by atoms with Crippen LogP contribution in [0.25, 0.3) is 0 Å². The normalized spacial score (nSPS) is 18.9. The number of hydrogen-bond acceptors (Lipinski definition) is 3. The maximum atomic E-state index is 12.2. The number of carbonyl (C=O) groups is 1. The molecule has 0 aliphatic carbocycles. The molecule has 0 unspecified atom stereocenters. The lowest BCUT2D eigenvalue weighted by atomic mass is 9.87. The molecule has 1 atom stereocenters. The first-order valence-corrected chi connectivity index (χ1v) is 7.03. The van der Waals surface area contributed by atoms with E-state index in [0.717, 1.165) is 18.4 Å². The van der Waals surface area contributed by atoms with Gasteiger partial charge in [0.2, 0.25) is 0 Å². The average molecular weight is 277 g/mol. The maximum absolute atomic E-state index is 12.2. The van der Waals surface area contributed by atoms with Crippen LogP contribution in [0, 0.1) is 0 Å². The first-order chi connectivity index (χ1) is 9.41. The minimum absolute atomic E-state index is 0.0234. The minimum Gasteiger partial charge on any atom is -0.495 e. The molecule has 0 radical (unpaired) electrons. The molecule has 1 aromatic carbocycles. The van der Waals surface area contributed by atoms with Crippen molar-refractivity contribution in [3.8, 4) is 5.75 Å². The van der Waals surface area contributed by atoms with Gasteiger partial charge in [-0.15, -0.1) is 0 Å². The summed E-state index contributed by atoms with van der Waals surface area (Å²) in [5.74, 6) is 0.580. The molecule has 1 aliphatic rings. The Morgan fingerprint density at radius 1 is 1.40 bits per heavy atom. The smallest absolute Gasteiger partial charge is 0.253 e. The molecule has 1 heterocycles. The van der Waals surface area contributed by atoms with E-state index < -0.39 is 0 Å². The number of amides is 1. The monoisotopic (exact) mass is 277 g/mol. The first kappa shape index (κ1) is 14.9. The topological polar surface area (TPSA) is 47.6 Å².